The Kier molecular flexibility index (Phi) is 6.26. The van der Waals surface area contributed by atoms with Crippen molar-refractivity contribution in [1.29, 1.82) is 0 Å². The van der Waals surface area contributed by atoms with Gasteiger partial charge in [0.15, 0.2) is 4.80 Å². The van der Waals surface area contributed by atoms with Crippen molar-refractivity contribution in [3.8, 4) is 5.75 Å². The zero-order valence-electron chi connectivity index (χ0n) is 15.0. The average Bonchev–Trinajstić information content (AvgIpc) is 2.99. The van der Waals surface area contributed by atoms with Gasteiger partial charge in [0, 0.05) is 19.6 Å². The molecule has 0 radical (unpaired) electrons. The number of aromatic nitrogens is 1. The van der Waals surface area contributed by atoms with Crippen molar-refractivity contribution in [3.05, 3.63) is 23.0 Å². The summed E-state index contributed by atoms with van der Waals surface area (Å²) in [7, 11) is 1.68. The summed E-state index contributed by atoms with van der Waals surface area (Å²) in [6.45, 7) is 3.80. The molecular formula is C19H26N2O3S. The molecule has 2 aromatic rings. The van der Waals surface area contributed by atoms with E-state index in [1.165, 1.54) is 6.42 Å². The minimum absolute atomic E-state index is 0.0235. The highest BCUT2D eigenvalue weighted by atomic mass is 32.1. The van der Waals surface area contributed by atoms with E-state index < -0.39 is 0 Å². The van der Waals surface area contributed by atoms with Gasteiger partial charge in [-0.25, -0.2) is 0 Å². The lowest BCUT2D eigenvalue weighted by Crippen LogP contribution is -2.23. The van der Waals surface area contributed by atoms with Gasteiger partial charge < -0.3 is 14.0 Å². The van der Waals surface area contributed by atoms with Gasteiger partial charge in [-0.1, -0.05) is 36.7 Å². The molecule has 0 N–H and O–H groups in total. The number of rotatable bonds is 6. The predicted molar refractivity (Wildman–Crippen MR) is 100 cm³/mol. The minimum Gasteiger partial charge on any atom is -0.492 e. The van der Waals surface area contributed by atoms with Crippen LogP contribution in [-0.4, -0.2) is 30.8 Å². The lowest BCUT2D eigenvalue weighted by molar-refractivity contribution is -0.122. The van der Waals surface area contributed by atoms with Crippen molar-refractivity contribution < 1.29 is 14.3 Å². The van der Waals surface area contributed by atoms with E-state index in [2.05, 4.69) is 15.6 Å². The quantitative estimate of drug-likeness (QED) is 0.786. The fraction of sp³-hybridized carbons (Fsp3) is 0.579. The Morgan fingerprint density at radius 1 is 1.32 bits per heavy atom. The third-order valence-electron chi connectivity index (χ3n) is 4.64. The fourth-order valence-electron chi connectivity index (χ4n) is 3.38. The number of fused-ring (bicyclic) bond motifs is 1. The highest BCUT2D eigenvalue weighted by Gasteiger charge is 2.21. The van der Waals surface area contributed by atoms with Gasteiger partial charge in [-0.2, -0.15) is 4.99 Å². The van der Waals surface area contributed by atoms with Crippen molar-refractivity contribution in [3.63, 3.8) is 0 Å². The van der Waals surface area contributed by atoms with Gasteiger partial charge in [0.25, 0.3) is 5.91 Å². The van der Waals surface area contributed by atoms with Crippen LogP contribution < -0.4 is 9.54 Å². The van der Waals surface area contributed by atoms with Crippen LogP contribution in [-0.2, 0) is 16.1 Å². The monoisotopic (exact) mass is 362 g/mol. The van der Waals surface area contributed by atoms with Crippen LogP contribution in [0.1, 0.15) is 39.0 Å². The molecule has 1 fully saturated rings. The standard InChI is InChI=1S/C19H26N2O3S/c1-3-24-15-10-7-11-16-17(15)21(12-13-23-2)19(25-16)20-18(22)14-8-5-4-6-9-14/h7,10-11,14H,3-6,8-9,12-13H2,1-2H3. The van der Waals surface area contributed by atoms with Crippen LogP contribution in [0, 0.1) is 5.92 Å². The average molecular weight is 362 g/mol. The van der Waals surface area contributed by atoms with Gasteiger partial charge in [0.05, 0.1) is 17.9 Å². The van der Waals surface area contributed by atoms with Crippen LogP contribution in [0.15, 0.2) is 23.2 Å². The molecule has 1 heterocycles. The molecule has 0 saturated heterocycles. The Morgan fingerprint density at radius 3 is 2.84 bits per heavy atom. The Morgan fingerprint density at radius 2 is 2.12 bits per heavy atom. The molecule has 1 aromatic carbocycles. The predicted octanol–water partition coefficient (Wildman–Crippen LogP) is 3.76. The number of para-hydroxylation sites is 1. The van der Waals surface area contributed by atoms with E-state index in [0.717, 1.165) is 46.5 Å². The summed E-state index contributed by atoms with van der Waals surface area (Å²) < 4.78 is 14.2. The van der Waals surface area contributed by atoms with E-state index in [0.29, 0.717) is 19.8 Å². The molecule has 6 heteroatoms. The Balaban J connectivity index is 2.05. The third-order valence-corrected chi connectivity index (χ3v) is 5.69. The van der Waals surface area contributed by atoms with Gasteiger partial charge in [-0.3, -0.25) is 4.79 Å². The maximum Gasteiger partial charge on any atom is 0.251 e. The lowest BCUT2D eigenvalue weighted by Gasteiger charge is -2.17. The second kappa shape index (κ2) is 8.63. The molecule has 0 spiro atoms. The van der Waals surface area contributed by atoms with Crippen LogP contribution in [0.4, 0.5) is 0 Å². The summed E-state index contributed by atoms with van der Waals surface area (Å²) in [5, 5.41) is 0. The third kappa shape index (κ3) is 4.12. The maximum atomic E-state index is 12.6. The minimum atomic E-state index is 0.0235. The lowest BCUT2D eigenvalue weighted by atomic mass is 9.89. The zero-order chi connectivity index (χ0) is 17.6. The second-order valence-corrected chi connectivity index (χ2v) is 7.36. The molecule has 1 amide bonds. The topological polar surface area (TPSA) is 52.8 Å². The highest BCUT2D eigenvalue weighted by molar-refractivity contribution is 7.16. The maximum absolute atomic E-state index is 12.6. The number of hydrogen-bond acceptors (Lipinski definition) is 4. The van der Waals surface area contributed by atoms with Crippen molar-refractivity contribution in [2.45, 2.75) is 45.6 Å². The summed E-state index contributed by atoms with van der Waals surface area (Å²) in [5.41, 5.74) is 1.00. The van der Waals surface area contributed by atoms with E-state index >= 15 is 0 Å². The van der Waals surface area contributed by atoms with Gasteiger partial charge in [-0.15, -0.1) is 0 Å². The first-order valence-corrected chi connectivity index (χ1v) is 9.89. The molecule has 0 atom stereocenters. The normalized spacial score (nSPS) is 16.5. The number of methoxy groups -OCH3 is 1. The van der Waals surface area contributed by atoms with Crippen molar-refractivity contribution in [2.75, 3.05) is 20.3 Å². The molecule has 0 aliphatic heterocycles. The first-order valence-electron chi connectivity index (χ1n) is 9.07. The van der Waals surface area contributed by atoms with Crippen LogP contribution in [0.5, 0.6) is 5.75 Å². The molecule has 25 heavy (non-hydrogen) atoms. The first-order chi connectivity index (χ1) is 12.2. The molecule has 136 valence electrons. The molecule has 5 nitrogen and oxygen atoms in total. The molecular weight excluding hydrogens is 336 g/mol. The number of carbonyl (C=O) groups is 1. The van der Waals surface area contributed by atoms with Gasteiger partial charge in [-0.05, 0) is 31.9 Å². The fourth-order valence-corrected chi connectivity index (χ4v) is 4.46. The number of amides is 1. The van der Waals surface area contributed by atoms with Crippen LogP contribution in [0.25, 0.3) is 10.2 Å². The van der Waals surface area contributed by atoms with Crippen LogP contribution in [0.3, 0.4) is 0 Å². The van der Waals surface area contributed by atoms with Gasteiger partial charge in [0.1, 0.15) is 11.3 Å². The van der Waals surface area contributed by atoms with E-state index in [1.54, 1.807) is 18.4 Å². The smallest absolute Gasteiger partial charge is 0.251 e. The number of hydrogen-bond donors (Lipinski definition) is 0. The van der Waals surface area contributed by atoms with Crippen molar-refractivity contribution >= 4 is 27.5 Å². The van der Waals surface area contributed by atoms with Gasteiger partial charge in [0.2, 0.25) is 0 Å². The Labute approximate surface area is 152 Å². The molecule has 1 aliphatic carbocycles. The number of ether oxygens (including phenoxy) is 2. The highest BCUT2D eigenvalue weighted by Crippen LogP contribution is 2.28. The molecule has 1 aliphatic rings. The summed E-state index contributed by atoms with van der Waals surface area (Å²) in [6, 6.07) is 6.00. The largest absolute Gasteiger partial charge is 0.492 e. The zero-order valence-corrected chi connectivity index (χ0v) is 15.8. The Bertz CT molecular complexity index is 788. The van der Waals surface area contributed by atoms with Crippen LogP contribution >= 0.6 is 11.3 Å². The summed E-state index contributed by atoms with van der Waals surface area (Å²) >= 11 is 1.55. The van der Waals surface area contributed by atoms with E-state index in [1.807, 2.05) is 19.1 Å². The molecule has 1 aromatic heterocycles. The van der Waals surface area contributed by atoms with E-state index in [-0.39, 0.29) is 11.8 Å². The van der Waals surface area contributed by atoms with Crippen molar-refractivity contribution in [2.24, 2.45) is 10.9 Å². The van der Waals surface area contributed by atoms with E-state index in [9.17, 15) is 4.79 Å². The summed E-state index contributed by atoms with van der Waals surface area (Å²) in [6.07, 6.45) is 5.44. The SMILES string of the molecule is CCOc1cccc2sc(=NC(=O)C3CCCCC3)n(CCOC)c12. The van der Waals surface area contributed by atoms with E-state index in [4.69, 9.17) is 9.47 Å². The Hall–Kier alpha value is -1.66. The first kappa shape index (κ1) is 18.1. The number of thiazole rings is 1. The second-order valence-electron chi connectivity index (χ2n) is 6.35. The van der Waals surface area contributed by atoms with Crippen molar-refractivity contribution in [1.82, 2.24) is 4.57 Å². The summed E-state index contributed by atoms with van der Waals surface area (Å²) in [5.74, 6) is 0.940. The molecule has 3 rings (SSSR count). The van der Waals surface area contributed by atoms with Crippen LogP contribution in [0.2, 0.25) is 0 Å². The molecule has 0 unspecified atom stereocenters. The molecule has 0 bridgehead atoms. The molecule has 1 saturated carbocycles. The van der Waals surface area contributed by atoms with Gasteiger partial charge >= 0.3 is 0 Å². The number of nitrogens with zero attached hydrogens (tertiary/aromatic N) is 2. The summed E-state index contributed by atoms with van der Waals surface area (Å²) in [4.78, 5) is 17.9. The number of benzene rings is 1. The number of carbonyl (C=O) groups excluding carboxylic acids is 1.